The Morgan fingerprint density at radius 3 is 2.71 bits per heavy atom. The summed E-state index contributed by atoms with van der Waals surface area (Å²) in [5, 5.41) is 0. The summed E-state index contributed by atoms with van der Waals surface area (Å²) < 4.78 is 23.6. The van der Waals surface area contributed by atoms with Gasteiger partial charge in [-0.2, -0.15) is 0 Å². The van der Waals surface area contributed by atoms with Crippen molar-refractivity contribution >= 4 is 11.7 Å². The van der Waals surface area contributed by atoms with E-state index in [1.54, 1.807) is 6.07 Å². The van der Waals surface area contributed by atoms with E-state index in [1.807, 2.05) is 6.92 Å². The second-order valence-corrected chi connectivity index (χ2v) is 4.02. The van der Waals surface area contributed by atoms with Crippen LogP contribution < -0.4 is 4.74 Å². The molecule has 0 heterocycles. The zero-order valence-corrected chi connectivity index (χ0v) is 9.96. The third-order valence-corrected chi connectivity index (χ3v) is 2.71. The molecule has 1 aliphatic rings. The van der Waals surface area contributed by atoms with Gasteiger partial charge < -0.3 is 9.47 Å². The summed E-state index contributed by atoms with van der Waals surface area (Å²) in [6.07, 6.45) is 0.596. The van der Waals surface area contributed by atoms with Crippen LogP contribution in [0.1, 0.15) is 25.0 Å². The van der Waals surface area contributed by atoms with Crippen molar-refractivity contribution in [1.82, 2.24) is 0 Å². The zero-order chi connectivity index (χ0) is 12.6. The molecule has 0 aromatic heterocycles. The SMILES string of the molecule is COc1cc2c(cc1F)CC(C)=C2OC(C)=O. The Kier molecular flexibility index (Phi) is 2.88. The van der Waals surface area contributed by atoms with Gasteiger partial charge in [0.05, 0.1) is 7.11 Å². The Morgan fingerprint density at radius 1 is 1.41 bits per heavy atom. The molecule has 17 heavy (non-hydrogen) atoms. The van der Waals surface area contributed by atoms with Crippen molar-refractivity contribution in [1.29, 1.82) is 0 Å². The second-order valence-electron chi connectivity index (χ2n) is 4.02. The molecular formula is C13H13FO3. The molecule has 90 valence electrons. The minimum atomic E-state index is -0.400. The fourth-order valence-electron chi connectivity index (χ4n) is 1.99. The van der Waals surface area contributed by atoms with Crippen molar-refractivity contribution < 1.29 is 18.7 Å². The summed E-state index contributed by atoms with van der Waals surface area (Å²) >= 11 is 0. The molecular weight excluding hydrogens is 223 g/mol. The molecule has 1 aliphatic carbocycles. The minimum Gasteiger partial charge on any atom is -0.494 e. The highest BCUT2D eigenvalue weighted by atomic mass is 19.1. The predicted molar refractivity (Wildman–Crippen MR) is 61.0 cm³/mol. The molecule has 0 saturated heterocycles. The summed E-state index contributed by atoms with van der Waals surface area (Å²) in [4.78, 5) is 11.0. The first-order valence-electron chi connectivity index (χ1n) is 5.28. The van der Waals surface area contributed by atoms with Crippen LogP contribution in [0.2, 0.25) is 0 Å². The molecule has 0 spiro atoms. The lowest BCUT2D eigenvalue weighted by Crippen LogP contribution is -1.99. The number of benzene rings is 1. The number of carbonyl (C=O) groups is 1. The lowest BCUT2D eigenvalue weighted by atomic mass is 10.1. The molecule has 0 bridgehead atoms. The van der Waals surface area contributed by atoms with Gasteiger partial charge in [-0.15, -0.1) is 0 Å². The lowest BCUT2D eigenvalue weighted by Gasteiger charge is -2.08. The molecule has 0 saturated carbocycles. The van der Waals surface area contributed by atoms with Crippen molar-refractivity contribution in [2.45, 2.75) is 20.3 Å². The summed E-state index contributed by atoms with van der Waals surface area (Å²) in [5.74, 6) is -0.104. The van der Waals surface area contributed by atoms with Gasteiger partial charge >= 0.3 is 5.97 Å². The standard InChI is InChI=1S/C13H13FO3/c1-7-4-9-5-11(14)12(16-3)6-10(9)13(7)17-8(2)15/h5-6H,4H2,1-3H3. The molecule has 0 fully saturated rings. The van der Waals surface area contributed by atoms with Crippen LogP contribution in [0.5, 0.6) is 5.75 Å². The number of rotatable bonds is 2. The zero-order valence-electron chi connectivity index (χ0n) is 9.96. The molecule has 3 nitrogen and oxygen atoms in total. The Balaban J connectivity index is 2.48. The largest absolute Gasteiger partial charge is 0.494 e. The van der Waals surface area contributed by atoms with Crippen molar-refractivity contribution in [3.63, 3.8) is 0 Å². The van der Waals surface area contributed by atoms with Gasteiger partial charge in [-0.1, -0.05) is 0 Å². The number of ether oxygens (including phenoxy) is 2. The van der Waals surface area contributed by atoms with E-state index < -0.39 is 5.82 Å². The average Bonchev–Trinajstić information content (AvgIpc) is 2.53. The van der Waals surface area contributed by atoms with Gasteiger partial charge in [0.15, 0.2) is 11.6 Å². The highest BCUT2D eigenvalue weighted by Crippen LogP contribution is 2.37. The van der Waals surface area contributed by atoms with Gasteiger partial charge in [0.2, 0.25) is 0 Å². The normalized spacial score (nSPS) is 13.6. The van der Waals surface area contributed by atoms with Crippen LogP contribution in [0.25, 0.3) is 5.76 Å². The van der Waals surface area contributed by atoms with E-state index in [-0.39, 0.29) is 11.7 Å². The van der Waals surface area contributed by atoms with Crippen LogP contribution in [-0.2, 0) is 16.0 Å². The third-order valence-electron chi connectivity index (χ3n) is 2.71. The first-order valence-corrected chi connectivity index (χ1v) is 5.28. The summed E-state index contributed by atoms with van der Waals surface area (Å²) in [6, 6.07) is 2.99. The maximum Gasteiger partial charge on any atom is 0.308 e. The Morgan fingerprint density at radius 2 is 2.12 bits per heavy atom. The first-order chi connectivity index (χ1) is 8.02. The number of methoxy groups -OCH3 is 1. The van der Waals surface area contributed by atoms with Crippen LogP contribution in [0.4, 0.5) is 4.39 Å². The number of halogens is 1. The topological polar surface area (TPSA) is 35.5 Å². The predicted octanol–water partition coefficient (Wildman–Crippen LogP) is 2.68. The average molecular weight is 236 g/mol. The van der Waals surface area contributed by atoms with E-state index in [9.17, 15) is 9.18 Å². The highest BCUT2D eigenvalue weighted by molar-refractivity contribution is 5.81. The summed E-state index contributed by atoms with van der Waals surface area (Å²) in [6.45, 7) is 3.21. The summed E-state index contributed by atoms with van der Waals surface area (Å²) in [5.41, 5.74) is 2.47. The van der Waals surface area contributed by atoms with Gasteiger partial charge in [0.1, 0.15) is 5.76 Å². The highest BCUT2D eigenvalue weighted by Gasteiger charge is 2.24. The van der Waals surface area contributed by atoms with Crippen LogP contribution in [0.3, 0.4) is 0 Å². The van der Waals surface area contributed by atoms with Gasteiger partial charge in [-0.25, -0.2) is 4.39 Å². The number of hydrogen-bond donors (Lipinski definition) is 0. The van der Waals surface area contributed by atoms with Crippen molar-refractivity contribution in [3.05, 3.63) is 34.6 Å². The van der Waals surface area contributed by atoms with Gasteiger partial charge in [-0.3, -0.25) is 4.79 Å². The fourth-order valence-corrected chi connectivity index (χ4v) is 1.99. The van der Waals surface area contributed by atoms with Crippen LogP contribution >= 0.6 is 0 Å². The third kappa shape index (κ3) is 2.02. The monoisotopic (exact) mass is 236 g/mol. The maximum absolute atomic E-state index is 13.5. The Bertz CT molecular complexity index is 518. The second kappa shape index (κ2) is 4.20. The molecule has 4 heteroatoms. The van der Waals surface area contributed by atoms with Crippen LogP contribution in [0, 0.1) is 5.82 Å². The van der Waals surface area contributed by atoms with E-state index in [0.29, 0.717) is 12.2 Å². The van der Waals surface area contributed by atoms with E-state index in [2.05, 4.69) is 0 Å². The molecule has 0 aliphatic heterocycles. The Labute approximate surface area is 98.8 Å². The molecule has 1 aromatic carbocycles. The van der Waals surface area contributed by atoms with Gasteiger partial charge in [-0.05, 0) is 36.6 Å². The number of allylic oxidation sites excluding steroid dienone is 1. The molecule has 0 N–H and O–H groups in total. The molecule has 2 rings (SSSR count). The van der Waals surface area contributed by atoms with Crippen molar-refractivity contribution in [2.24, 2.45) is 0 Å². The molecule has 0 atom stereocenters. The Hall–Kier alpha value is -1.84. The number of esters is 1. The quantitative estimate of drug-likeness (QED) is 0.740. The molecule has 0 radical (unpaired) electrons. The van der Waals surface area contributed by atoms with E-state index in [4.69, 9.17) is 9.47 Å². The fraction of sp³-hybridized carbons (Fsp3) is 0.308. The number of hydrogen-bond acceptors (Lipinski definition) is 3. The molecule has 0 unspecified atom stereocenters. The van der Waals surface area contributed by atoms with Gasteiger partial charge in [0, 0.05) is 12.5 Å². The maximum atomic E-state index is 13.5. The first kappa shape index (κ1) is 11.6. The van der Waals surface area contributed by atoms with Gasteiger partial charge in [0.25, 0.3) is 0 Å². The van der Waals surface area contributed by atoms with Crippen LogP contribution in [0.15, 0.2) is 17.7 Å². The van der Waals surface area contributed by atoms with Crippen molar-refractivity contribution in [2.75, 3.05) is 7.11 Å². The smallest absolute Gasteiger partial charge is 0.308 e. The number of carbonyl (C=O) groups excluding carboxylic acids is 1. The minimum absolute atomic E-state index is 0.156. The van der Waals surface area contributed by atoms with E-state index in [0.717, 1.165) is 16.7 Å². The lowest BCUT2D eigenvalue weighted by molar-refractivity contribution is -0.134. The summed E-state index contributed by atoms with van der Waals surface area (Å²) in [7, 11) is 1.40. The number of fused-ring (bicyclic) bond motifs is 1. The molecule has 1 aromatic rings. The van der Waals surface area contributed by atoms with E-state index in [1.165, 1.54) is 20.1 Å². The molecule has 0 amide bonds. The van der Waals surface area contributed by atoms with E-state index >= 15 is 0 Å². The van der Waals surface area contributed by atoms with Crippen LogP contribution in [-0.4, -0.2) is 13.1 Å². The van der Waals surface area contributed by atoms with Crippen molar-refractivity contribution in [3.8, 4) is 5.75 Å².